The number of carbonyl (C=O) groups is 2. The lowest BCUT2D eigenvalue weighted by Crippen LogP contribution is -2.51. The number of urea groups is 1. The minimum atomic E-state index is -0.245. The molecule has 0 aliphatic carbocycles. The number of carbonyl (C=O) groups excluding carboxylic acids is 2. The van der Waals surface area contributed by atoms with Gasteiger partial charge in [0.05, 0.1) is 5.69 Å². The van der Waals surface area contributed by atoms with Crippen LogP contribution in [0.1, 0.15) is 12.0 Å². The SMILES string of the molecule is Cc1ccccc1N1C(=O)CCN(C)C1=O. The molecule has 2 rings (SSSR count). The lowest BCUT2D eigenvalue weighted by molar-refractivity contribution is -0.119. The average Bonchev–Trinajstić information content (AvgIpc) is 2.27. The Balaban J connectivity index is 2.42. The van der Waals surface area contributed by atoms with Gasteiger partial charge < -0.3 is 4.90 Å². The first-order valence-corrected chi connectivity index (χ1v) is 5.25. The number of para-hydroxylation sites is 1. The largest absolute Gasteiger partial charge is 0.331 e. The molecule has 0 atom stereocenters. The van der Waals surface area contributed by atoms with E-state index in [1.807, 2.05) is 25.1 Å². The zero-order chi connectivity index (χ0) is 11.7. The first kappa shape index (κ1) is 10.7. The van der Waals surface area contributed by atoms with E-state index < -0.39 is 0 Å². The first-order valence-electron chi connectivity index (χ1n) is 5.25. The number of hydrogen-bond donors (Lipinski definition) is 0. The van der Waals surface area contributed by atoms with Crippen LogP contribution in [0.2, 0.25) is 0 Å². The van der Waals surface area contributed by atoms with Crippen LogP contribution in [0.3, 0.4) is 0 Å². The summed E-state index contributed by atoms with van der Waals surface area (Å²) in [5, 5.41) is 0. The van der Waals surface area contributed by atoms with E-state index in [-0.39, 0.29) is 11.9 Å². The number of imide groups is 1. The fourth-order valence-corrected chi connectivity index (χ4v) is 1.80. The predicted octanol–water partition coefficient (Wildman–Crippen LogP) is 1.78. The Kier molecular flexibility index (Phi) is 2.64. The number of aryl methyl sites for hydroxylation is 1. The molecule has 3 amide bonds. The quantitative estimate of drug-likeness (QED) is 0.721. The number of anilines is 1. The van der Waals surface area contributed by atoms with Crippen LogP contribution in [0.25, 0.3) is 0 Å². The average molecular weight is 218 g/mol. The van der Waals surface area contributed by atoms with Crippen LogP contribution >= 0.6 is 0 Å². The molecule has 1 heterocycles. The molecule has 84 valence electrons. The minimum absolute atomic E-state index is 0.127. The third-order valence-corrected chi connectivity index (χ3v) is 2.78. The summed E-state index contributed by atoms with van der Waals surface area (Å²) in [4.78, 5) is 26.5. The maximum absolute atomic E-state index is 11.9. The molecule has 1 aromatic carbocycles. The van der Waals surface area contributed by atoms with Gasteiger partial charge in [-0.1, -0.05) is 18.2 Å². The Hall–Kier alpha value is -1.84. The van der Waals surface area contributed by atoms with Crippen molar-refractivity contribution in [2.75, 3.05) is 18.5 Å². The van der Waals surface area contributed by atoms with Gasteiger partial charge in [-0.05, 0) is 18.6 Å². The zero-order valence-corrected chi connectivity index (χ0v) is 9.43. The van der Waals surface area contributed by atoms with Gasteiger partial charge in [-0.2, -0.15) is 0 Å². The standard InChI is InChI=1S/C12H14N2O2/c1-9-5-3-4-6-10(9)14-11(15)7-8-13(2)12(14)16/h3-6H,7-8H2,1-2H3. The van der Waals surface area contributed by atoms with Crippen LogP contribution < -0.4 is 4.90 Å². The molecule has 1 saturated heterocycles. The second-order valence-electron chi connectivity index (χ2n) is 3.97. The van der Waals surface area contributed by atoms with Gasteiger partial charge in [0.1, 0.15) is 0 Å². The van der Waals surface area contributed by atoms with Crippen LogP contribution in [0.5, 0.6) is 0 Å². The summed E-state index contributed by atoms with van der Waals surface area (Å²) >= 11 is 0. The molecule has 0 spiro atoms. The number of amides is 3. The summed E-state index contributed by atoms with van der Waals surface area (Å²) < 4.78 is 0. The fourth-order valence-electron chi connectivity index (χ4n) is 1.80. The van der Waals surface area contributed by atoms with Gasteiger partial charge in [0.15, 0.2) is 0 Å². The Morgan fingerprint density at radius 2 is 1.88 bits per heavy atom. The minimum Gasteiger partial charge on any atom is -0.327 e. The summed E-state index contributed by atoms with van der Waals surface area (Å²) in [5.74, 6) is -0.127. The number of benzene rings is 1. The molecule has 16 heavy (non-hydrogen) atoms. The predicted molar refractivity (Wildman–Crippen MR) is 61.3 cm³/mol. The lowest BCUT2D eigenvalue weighted by atomic mass is 10.1. The van der Waals surface area contributed by atoms with Gasteiger partial charge in [-0.15, -0.1) is 0 Å². The molecule has 0 N–H and O–H groups in total. The molecule has 0 bridgehead atoms. The molecule has 0 saturated carbocycles. The maximum atomic E-state index is 11.9. The number of rotatable bonds is 1. The summed E-state index contributed by atoms with van der Waals surface area (Å²) in [6.07, 6.45) is 0.385. The van der Waals surface area contributed by atoms with E-state index in [4.69, 9.17) is 0 Å². The number of nitrogens with zero attached hydrogens (tertiary/aromatic N) is 2. The van der Waals surface area contributed by atoms with E-state index in [0.717, 1.165) is 5.56 Å². The maximum Gasteiger partial charge on any atom is 0.331 e. The van der Waals surface area contributed by atoms with Crippen molar-refractivity contribution in [1.82, 2.24) is 4.90 Å². The van der Waals surface area contributed by atoms with E-state index in [1.165, 1.54) is 4.90 Å². The van der Waals surface area contributed by atoms with E-state index >= 15 is 0 Å². The van der Waals surface area contributed by atoms with Crippen LogP contribution in [-0.4, -0.2) is 30.4 Å². The third kappa shape index (κ3) is 1.66. The van der Waals surface area contributed by atoms with Crippen LogP contribution in [0.4, 0.5) is 10.5 Å². The Labute approximate surface area is 94.5 Å². The molecule has 1 aromatic rings. The van der Waals surface area contributed by atoms with E-state index in [9.17, 15) is 9.59 Å². The summed E-state index contributed by atoms with van der Waals surface area (Å²) in [6, 6.07) is 7.17. The van der Waals surface area contributed by atoms with Crippen molar-refractivity contribution in [3.8, 4) is 0 Å². The second kappa shape index (κ2) is 3.96. The van der Waals surface area contributed by atoms with Crippen LogP contribution in [0.15, 0.2) is 24.3 Å². The van der Waals surface area contributed by atoms with Crippen molar-refractivity contribution >= 4 is 17.6 Å². The fraction of sp³-hybridized carbons (Fsp3) is 0.333. The number of hydrogen-bond acceptors (Lipinski definition) is 2. The first-order chi connectivity index (χ1) is 7.61. The van der Waals surface area contributed by atoms with Crippen molar-refractivity contribution in [1.29, 1.82) is 0 Å². The van der Waals surface area contributed by atoms with E-state index in [2.05, 4.69) is 0 Å². The van der Waals surface area contributed by atoms with Gasteiger partial charge in [0, 0.05) is 20.0 Å². The van der Waals surface area contributed by atoms with Crippen molar-refractivity contribution < 1.29 is 9.59 Å². The van der Waals surface area contributed by atoms with Gasteiger partial charge in [0.2, 0.25) is 5.91 Å². The highest BCUT2D eigenvalue weighted by molar-refractivity contribution is 6.16. The third-order valence-electron chi connectivity index (χ3n) is 2.78. The molecule has 1 aliphatic rings. The summed E-state index contributed by atoms with van der Waals surface area (Å²) in [6.45, 7) is 2.39. The molecule has 4 nitrogen and oxygen atoms in total. The highest BCUT2D eigenvalue weighted by atomic mass is 16.2. The van der Waals surface area contributed by atoms with Gasteiger partial charge in [-0.3, -0.25) is 4.79 Å². The van der Waals surface area contributed by atoms with Gasteiger partial charge >= 0.3 is 6.03 Å². The molecular formula is C12H14N2O2. The van der Waals surface area contributed by atoms with E-state index in [1.54, 1.807) is 18.0 Å². The van der Waals surface area contributed by atoms with Crippen molar-refractivity contribution in [2.45, 2.75) is 13.3 Å². The zero-order valence-electron chi connectivity index (χ0n) is 9.43. The monoisotopic (exact) mass is 218 g/mol. The Morgan fingerprint density at radius 3 is 2.56 bits per heavy atom. The summed E-state index contributed by atoms with van der Waals surface area (Å²) in [7, 11) is 1.71. The van der Waals surface area contributed by atoms with Crippen molar-refractivity contribution in [2.24, 2.45) is 0 Å². The smallest absolute Gasteiger partial charge is 0.327 e. The lowest BCUT2D eigenvalue weighted by Gasteiger charge is -2.32. The molecular weight excluding hydrogens is 204 g/mol. The highest BCUT2D eigenvalue weighted by Gasteiger charge is 2.31. The highest BCUT2D eigenvalue weighted by Crippen LogP contribution is 2.23. The van der Waals surface area contributed by atoms with Gasteiger partial charge in [0.25, 0.3) is 0 Å². The molecule has 1 fully saturated rings. The molecule has 0 aromatic heterocycles. The second-order valence-corrected chi connectivity index (χ2v) is 3.97. The molecule has 0 radical (unpaired) electrons. The van der Waals surface area contributed by atoms with Crippen molar-refractivity contribution in [3.05, 3.63) is 29.8 Å². The molecule has 4 heteroatoms. The van der Waals surface area contributed by atoms with Crippen LogP contribution in [-0.2, 0) is 4.79 Å². The summed E-state index contributed by atoms with van der Waals surface area (Å²) in [5.41, 5.74) is 1.61. The van der Waals surface area contributed by atoms with E-state index in [0.29, 0.717) is 18.7 Å². The van der Waals surface area contributed by atoms with Crippen LogP contribution in [0, 0.1) is 6.92 Å². The normalized spacial score (nSPS) is 16.9. The van der Waals surface area contributed by atoms with Gasteiger partial charge in [-0.25, -0.2) is 9.69 Å². The Bertz CT molecular complexity index is 442. The van der Waals surface area contributed by atoms with Crippen molar-refractivity contribution in [3.63, 3.8) is 0 Å². The molecule has 1 aliphatic heterocycles. The Morgan fingerprint density at radius 1 is 1.19 bits per heavy atom. The molecule has 0 unspecified atom stereocenters. The topological polar surface area (TPSA) is 40.6 Å².